The number of hydrogen-bond acceptors (Lipinski definition) is 3. The van der Waals surface area contributed by atoms with Crippen LogP contribution in [0, 0.1) is 11.6 Å². The summed E-state index contributed by atoms with van der Waals surface area (Å²) in [6.07, 6.45) is -1.01. The Hall–Kier alpha value is -2.45. The van der Waals surface area contributed by atoms with Gasteiger partial charge in [0, 0.05) is 18.7 Å². The van der Waals surface area contributed by atoms with Crippen LogP contribution in [0.15, 0.2) is 36.4 Å². The number of hydrogen-bond donors (Lipinski definition) is 3. The van der Waals surface area contributed by atoms with E-state index in [1.165, 1.54) is 11.1 Å². The number of carbonyl (C=O) groups excluding carboxylic acids is 1. The van der Waals surface area contributed by atoms with E-state index in [0.717, 1.165) is 43.4 Å². The van der Waals surface area contributed by atoms with Crippen LogP contribution in [0.1, 0.15) is 48.1 Å². The van der Waals surface area contributed by atoms with Crippen LogP contribution in [0.3, 0.4) is 0 Å². The second kappa shape index (κ2) is 10.9. The van der Waals surface area contributed by atoms with Gasteiger partial charge in [0.25, 0.3) is 5.91 Å². The molecule has 1 aliphatic rings. The number of rotatable bonds is 9. The molecule has 0 heterocycles. The SMILES string of the molecule is CCc1ccc2c(c1)[C@H](NCC(O)C(Cc1cc(F)cc(F)c1)NC(=O)C(F)F)CCC2. The fourth-order valence-corrected chi connectivity index (χ4v) is 4.20. The number of amides is 1. The molecule has 8 heteroatoms. The number of benzene rings is 2. The van der Waals surface area contributed by atoms with Gasteiger partial charge in [-0.2, -0.15) is 8.78 Å². The average molecular weight is 452 g/mol. The van der Waals surface area contributed by atoms with Gasteiger partial charge in [-0.05, 0) is 66.5 Å². The normalized spacial score (nSPS) is 17.7. The third-order valence-electron chi connectivity index (χ3n) is 5.87. The van der Waals surface area contributed by atoms with Gasteiger partial charge in [0.1, 0.15) is 11.6 Å². The smallest absolute Gasteiger partial charge is 0.315 e. The number of aliphatic hydroxyl groups is 1. The molecule has 1 amide bonds. The molecule has 0 radical (unpaired) electrons. The van der Waals surface area contributed by atoms with Crippen LogP contribution < -0.4 is 10.6 Å². The van der Waals surface area contributed by atoms with Crippen LogP contribution in [0.2, 0.25) is 0 Å². The van der Waals surface area contributed by atoms with E-state index in [2.05, 4.69) is 35.8 Å². The molecule has 2 aromatic rings. The molecular formula is C24H28F4N2O2. The molecule has 0 bridgehead atoms. The fourth-order valence-electron chi connectivity index (χ4n) is 4.20. The highest BCUT2D eigenvalue weighted by Crippen LogP contribution is 2.30. The van der Waals surface area contributed by atoms with Gasteiger partial charge in [0.2, 0.25) is 0 Å². The van der Waals surface area contributed by atoms with Crippen molar-refractivity contribution in [2.24, 2.45) is 0 Å². The van der Waals surface area contributed by atoms with Crippen molar-refractivity contribution in [2.75, 3.05) is 6.54 Å². The molecule has 4 nitrogen and oxygen atoms in total. The molecule has 3 rings (SSSR count). The lowest BCUT2D eigenvalue weighted by molar-refractivity contribution is -0.133. The van der Waals surface area contributed by atoms with Crippen molar-refractivity contribution in [2.45, 2.75) is 63.6 Å². The zero-order valence-electron chi connectivity index (χ0n) is 17.9. The Bertz CT molecular complexity index is 918. The largest absolute Gasteiger partial charge is 0.390 e. The number of carbonyl (C=O) groups is 1. The standard InChI is InChI=1S/C24H28F4N2O2/c1-2-14-6-7-16-4-3-5-20(19(16)10-14)29-13-22(31)21(30-24(32)23(27)28)11-15-8-17(25)12-18(26)9-15/h6-10,12,20-23,29,31H,2-5,11,13H2,1H3,(H,30,32)/t20-,21?,22?/m1/s1. The maximum absolute atomic E-state index is 13.5. The van der Waals surface area contributed by atoms with Crippen molar-refractivity contribution in [3.05, 3.63) is 70.3 Å². The molecule has 0 fully saturated rings. The lowest BCUT2D eigenvalue weighted by atomic mass is 9.86. The zero-order valence-corrected chi connectivity index (χ0v) is 17.9. The van der Waals surface area contributed by atoms with E-state index < -0.39 is 36.1 Å². The minimum absolute atomic E-state index is 0.0158. The van der Waals surface area contributed by atoms with Gasteiger partial charge in [0.15, 0.2) is 0 Å². The van der Waals surface area contributed by atoms with E-state index in [0.29, 0.717) is 6.07 Å². The number of halogens is 4. The molecule has 0 saturated heterocycles. The summed E-state index contributed by atoms with van der Waals surface area (Å²) < 4.78 is 52.7. The van der Waals surface area contributed by atoms with Gasteiger partial charge in [-0.1, -0.05) is 25.1 Å². The summed E-state index contributed by atoms with van der Waals surface area (Å²) in [5.41, 5.74) is 3.74. The predicted molar refractivity (Wildman–Crippen MR) is 114 cm³/mol. The van der Waals surface area contributed by atoms with Crippen molar-refractivity contribution < 1.29 is 27.5 Å². The monoisotopic (exact) mass is 452 g/mol. The first-order chi connectivity index (χ1) is 15.3. The Labute approximate surface area is 185 Å². The number of aliphatic hydroxyl groups excluding tert-OH is 1. The zero-order chi connectivity index (χ0) is 23.3. The third kappa shape index (κ3) is 6.29. The Balaban J connectivity index is 1.72. The summed E-state index contributed by atoms with van der Waals surface area (Å²) in [6.45, 7) is 2.09. The van der Waals surface area contributed by atoms with Gasteiger partial charge in [-0.15, -0.1) is 0 Å². The van der Waals surface area contributed by atoms with Crippen LogP contribution >= 0.6 is 0 Å². The van der Waals surface area contributed by atoms with Gasteiger partial charge < -0.3 is 15.7 Å². The summed E-state index contributed by atoms with van der Waals surface area (Å²) in [5, 5.41) is 16.1. The molecule has 3 N–H and O–H groups in total. The molecule has 2 aromatic carbocycles. The maximum Gasteiger partial charge on any atom is 0.315 e. The molecule has 3 atom stereocenters. The van der Waals surface area contributed by atoms with Crippen LogP contribution in [-0.2, 0) is 24.1 Å². The topological polar surface area (TPSA) is 61.4 Å². The van der Waals surface area contributed by atoms with Crippen molar-refractivity contribution in [3.63, 3.8) is 0 Å². The van der Waals surface area contributed by atoms with E-state index >= 15 is 0 Å². The summed E-state index contributed by atoms with van der Waals surface area (Å²) in [6, 6.07) is 7.99. The van der Waals surface area contributed by atoms with Crippen molar-refractivity contribution in [3.8, 4) is 0 Å². The molecule has 0 saturated carbocycles. The van der Waals surface area contributed by atoms with Gasteiger partial charge >= 0.3 is 6.43 Å². The molecule has 2 unspecified atom stereocenters. The number of fused-ring (bicyclic) bond motifs is 1. The quantitative estimate of drug-likeness (QED) is 0.507. The minimum atomic E-state index is -3.26. The van der Waals surface area contributed by atoms with Gasteiger partial charge in [0.05, 0.1) is 12.1 Å². The van der Waals surface area contributed by atoms with Crippen LogP contribution in [0.25, 0.3) is 0 Å². The second-order valence-electron chi connectivity index (χ2n) is 8.20. The fraction of sp³-hybridized carbons (Fsp3) is 0.458. The molecule has 0 aromatic heterocycles. The van der Waals surface area contributed by atoms with E-state index in [4.69, 9.17) is 0 Å². The van der Waals surface area contributed by atoms with Crippen LogP contribution in [0.4, 0.5) is 17.6 Å². The highest BCUT2D eigenvalue weighted by molar-refractivity contribution is 5.79. The number of aryl methyl sites for hydroxylation is 2. The lowest BCUT2D eigenvalue weighted by Crippen LogP contribution is -2.50. The first kappa shape index (κ1) is 24.2. The molecule has 32 heavy (non-hydrogen) atoms. The third-order valence-corrected chi connectivity index (χ3v) is 5.87. The lowest BCUT2D eigenvalue weighted by Gasteiger charge is -2.30. The van der Waals surface area contributed by atoms with E-state index in [1.54, 1.807) is 0 Å². The van der Waals surface area contributed by atoms with E-state index in [1.807, 2.05) is 0 Å². The number of nitrogens with one attached hydrogen (secondary N) is 2. The first-order valence-corrected chi connectivity index (χ1v) is 10.8. The van der Waals surface area contributed by atoms with Crippen LogP contribution in [-0.4, -0.2) is 36.1 Å². The van der Waals surface area contributed by atoms with Gasteiger partial charge in [-0.3, -0.25) is 4.79 Å². The summed E-state index contributed by atoms with van der Waals surface area (Å²) >= 11 is 0. The van der Waals surface area contributed by atoms with E-state index in [-0.39, 0.29) is 24.6 Å². The van der Waals surface area contributed by atoms with Crippen molar-refractivity contribution >= 4 is 5.91 Å². The van der Waals surface area contributed by atoms with Crippen LogP contribution in [0.5, 0.6) is 0 Å². The predicted octanol–water partition coefficient (Wildman–Crippen LogP) is 3.85. The Morgan fingerprint density at radius 1 is 1.12 bits per heavy atom. The van der Waals surface area contributed by atoms with Crippen molar-refractivity contribution in [1.82, 2.24) is 10.6 Å². The summed E-state index contributed by atoms with van der Waals surface area (Å²) in [7, 11) is 0. The first-order valence-electron chi connectivity index (χ1n) is 10.8. The Morgan fingerprint density at radius 3 is 2.50 bits per heavy atom. The molecule has 1 aliphatic carbocycles. The van der Waals surface area contributed by atoms with E-state index in [9.17, 15) is 27.5 Å². The molecule has 0 spiro atoms. The Kier molecular flexibility index (Phi) is 8.26. The summed E-state index contributed by atoms with van der Waals surface area (Å²) in [5.74, 6) is -3.18. The maximum atomic E-state index is 13.5. The highest BCUT2D eigenvalue weighted by atomic mass is 19.3. The number of alkyl halides is 2. The Morgan fingerprint density at radius 2 is 1.84 bits per heavy atom. The second-order valence-corrected chi connectivity index (χ2v) is 8.20. The minimum Gasteiger partial charge on any atom is -0.390 e. The molecule has 174 valence electrons. The molecular weight excluding hydrogens is 424 g/mol. The summed E-state index contributed by atoms with van der Waals surface area (Å²) in [4.78, 5) is 11.6. The average Bonchev–Trinajstić information content (AvgIpc) is 2.75. The molecule has 0 aliphatic heterocycles. The van der Waals surface area contributed by atoms with Crippen molar-refractivity contribution in [1.29, 1.82) is 0 Å². The van der Waals surface area contributed by atoms with Gasteiger partial charge in [-0.25, -0.2) is 8.78 Å². The highest BCUT2D eigenvalue weighted by Gasteiger charge is 2.28.